The van der Waals surface area contributed by atoms with Crippen LogP contribution >= 0.6 is 11.3 Å². The Bertz CT molecular complexity index is 300. The number of piperidine rings is 1. The number of nitrogens with zero attached hydrogens (tertiary/aromatic N) is 1. The van der Waals surface area contributed by atoms with Crippen molar-refractivity contribution in [1.29, 1.82) is 0 Å². The molecule has 0 spiro atoms. The normalized spacial score (nSPS) is 23.2. The third kappa shape index (κ3) is 2.65. The zero-order valence-electron chi connectivity index (χ0n) is 10.2. The lowest BCUT2D eigenvalue weighted by Gasteiger charge is -2.37. The lowest BCUT2D eigenvalue weighted by atomic mass is 9.90. The molecule has 0 aromatic carbocycles. The highest BCUT2D eigenvalue weighted by molar-refractivity contribution is 7.07. The van der Waals surface area contributed by atoms with Crippen molar-refractivity contribution in [2.75, 3.05) is 13.1 Å². The van der Waals surface area contributed by atoms with E-state index in [-0.39, 0.29) is 0 Å². The second-order valence-electron chi connectivity index (χ2n) is 4.97. The lowest BCUT2D eigenvalue weighted by molar-refractivity contribution is 0.133. The quantitative estimate of drug-likeness (QED) is 0.877. The molecule has 2 nitrogen and oxygen atoms in total. The average molecular weight is 238 g/mol. The standard InChI is InChI=1S/C13H22N2S/c1-10(14)12-3-6-15(7-4-12)11(2)13-5-8-16-9-13/h5,8-12H,3-4,6-7,14H2,1-2H3. The molecule has 1 aliphatic rings. The summed E-state index contributed by atoms with van der Waals surface area (Å²) < 4.78 is 0. The minimum Gasteiger partial charge on any atom is -0.328 e. The van der Waals surface area contributed by atoms with Gasteiger partial charge in [0.25, 0.3) is 0 Å². The van der Waals surface area contributed by atoms with Gasteiger partial charge in [0.1, 0.15) is 0 Å². The van der Waals surface area contributed by atoms with Crippen molar-refractivity contribution in [2.24, 2.45) is 11.7 Å². The second kappa shape index (κ2) is 5.30. The van der Waals surface area contributed by atoms with E-state index in [0.717, 1.165) is 5.92 Å². The molecular weight excluding hydrogens is 216 g/mol. The molecule has 2 heterocycles. The van der Waals surface area contributed by atoms with Crippen LogP contribution < -0.4 is 5.73 Å². The van der Waals surface area contributed by atoms with Crippen LogP contribution in [-0.2, 0) is 0 Å². The number of nitrogens with two attached hydrogens (primary N) is 1. The largest absolute Gasteiger partial charge is 0.328 e. The summed E-state index contributed by atoms with van der Waals surface area (Å²) in [7, 11) is 0. The molecule has 1 aromatic heterocycles. The van der Waals surface area contributed by atoms with E-state index in [2.05, 4.69) is 35.6 Å². The number of hydrogen-bond acceptors (Lipinski definition) is 3. The van der Waals surface area contributed by atoms with Crippen LogP contribution in [0.1, 0.15) is 38.3 Å². The molecule has 0 saturated carbocycles. The van der Waals surface area contributed by atoms with Crippen LogP contribution in [-0.4, -0.2) is 24.0 Å². The smallest absolute Gasteiger partial charge is 0.0328 e. The molecule has 3 heteroatoms. The fraction of sp³-hybridized carbons (Fsp3) is 0.692. The average Bonchev–Trinajstić information content (AvgIpc) is 2.81. The third-order valence-corrected chi connectivity index (χ3v) is 4.59. The predicted octanol–water partition coefficient (Wildman–Crippen LogP) is 2.87. The molecular formula is C13H22N2S. The van der Waals surface area contributed by atoms with Crippen molar-refractivity contribution < 1.29 is 0 Å². The van der Waals surface area contributed by atoms with Crippen LogP contribution in [0.3, 0.4) is 0 Å². The molecule has 0 aliphatic carbocycles. The van der Waals surface area contributed by atoms with Gasteiger partial charge in [0.15, 0.2) is 0 Å². The van der Waals surface area contributed by atoms with Crippen LogP contribution in [0, 0.1) is 5.92 Å². The highest BCUT2D eigenvalue weighted by Crippen LogP contribution is 2.28. The zero-order chi connectivity index (χ0) is 11.5. The highest BCUT2D eigenvalue weighted by Gasteiger charge is 2.25. The molecule has 1 saturated heterocycles. The molecule has 1 aromatic rings. The number of rotatable bonds is 3. The molecule has 2 unspecified atom stereocenters. The van der Waals surface area contributed by atoms with Crippen LogP contribution in [0.4, 0.5) is 0 Å². The van der Waals surface area contributed by atoms with Gasteiger partial charge in [0.05, 0.1) is 0 Å². The van der Waals surface area contributed by atoms with Crippen molar-refractivity contribution in [1.82, 2.24) is 4.90 Å². The van der Waals surface area contributed by atoms with E-state index in [1.54, 1.807) is 11.3 Å². The molecule has 2 N–H and O–H groups in total. The van der Waals surface area contributed by atoms with Crippen LogP contribution in [0.2, 0.25) is 0 Å². The Morgan fingerprint density at radius 3 is 2.56 bits per heavy atom. The summed E-state index contributed by atoms with van der Waals surface area (Å²) in [6.07, 6.45) is 2.51. The van der Waals surface area contributed by atoms with Crippen molar-refractivity contribution in [2.45, 2.75) is 38.8 Å². The van der Waals surface area contributed by atoms with Crippen molar-refractivity contribution in [3.63, 3.8) is 0 Å². The van der Waals surface area contributed by atoms with E-state index in [1.807, 2.05) is 0 Å². The van der Waals surface area contributed by atoms with Gasteiger partial charge in [-0.05, 0) is 68.1 Å². The van der Waals surface area contributed by atoms with E-state index >= 15 is 0 Å². The first-order valence-electron chi connectivity index (χ1n) is 6.20. The number of thiophene rings is 1. The maximum atomic E-state index is 5.97. The summed E-state index contributed by atoms with van der Waals surface area (Å²) >= 11 is 1.79. The van der Waals surface area contributed by atoms with Crippen molar-refractivity contribution in [3.05, 3.63) is 22.4 Å². The van der Waals surface area contributed by atoms with Gasteiger partial charge in [-0.25, -0.2) is 0 Å². The summed E-state index contributed by atoms with van der Waals surface area (Å²) in [4.78, 5) is 2.58. The minimum absolute atomic E-state index is 0.360. The molecule has 1 fully saturated rings. The zero-order valence-corrected chi connectivity index (χ0v) is 11.0. The number of likely N-dealkylation sites (tertiary alicyclic amines) is 1. The van der Waals surface area contributed by atoms with Crippen LogP contribution in [0.25, 0.3) is 0 Å². The van der Waals surface area contributed by atoms with Gasteiger partial charge in [-0.1, -0.05) is 0 Å². The first-order valence-corrected chi connectivity index (χ1v) is 7.14. The van der Waals surface area contributed by atoms with Crippen molar-refractivity contribution >= 4 is 11.3 Å². The molecule has 1 aliphatic heterocycles. The van der Waals surface area contributed by atoms with E-state index in [9.17, 15) is 0 Å². The third-order valence-electron chi connectivity index (χ3n) is 3.89. The van der Waals surface area contributed by atoms with Gasteiger partial charge in [-0.2, -0.15) is 11.3 Å². The molecule has 2 rings (SSSR count). The maximum Gasteiger partial charge on any atom is 0.0328 e. The van der Waals surface area contributed by atoms with Gasteiger partial charge >= 0.3 is 0 Å². The van der Waals surface area contributed by atoms with E-state index < -0.39 is 0 Å². The molecule has 90 valence electrons. The van der Waals surface area contributed by atoms with Gasteiger partial charge in [-0.15, -0.1) is 0 Å². The van der Waals surface area contributed by atoms with Gasteiger partial charge in [0, 0.05) is 12.1 Å². The monoisotopic (exact) mass is 238 g/mol. The van der Waals surface area contributed by atoms with E-state index in [4.69, 9.17) is 5.73 Å². The van der Waals surface area contributed by atoms with Gasteiger partial charge < -0.3 is 5.73 Å². The molecule has 2 atom stereocenters. The first kappa shape index (κ1) is 12.1. The Kier molecular flexibility index (Phi) is 4.00. The predicted molar refractivity (Wildman–Crippen MR) is 70.7 cm³/mol. The lowest BCUT2D eigenvalue weighted by Crippen LogP contribution is -2.40. The molecule has 0 bridgehead atoms. The first-order chi connectivity index (χ1) is 7.68. The molecule has 0 amide bonds. The van der Waals surface area contributed by atoms with Gasteiger partial charge in [0.2, 0.25) is 0 Å². The minimum atomic E-state index is 0.360. The summed E-state index contributed by atoms with van der Waals surface area (Å²) in [5.74, 6) is 0.728. The Labute approximate surface area is 102 Å². The van der Waals surface area contributed by atoms with Gasteiger partial charge in [-0.3, -0.25) is 4.90 Å². The van der Waals surface area contributed by atoms with E-state index in [0.29, 0.717) is 12.1 Å². The topological polar surface area (TPSA) is 29.3 Å². The van der Waals surface area contributed by atoms with Crippen LogP contribution in [0.5, 0.6) is 0 Å². The maximum absolute atomic E-state index is 5.97. The van der Waals surface area contributed by atoms with Crippen LogP contribution in [0.15, 0.2) is 16.8 Å². The SMILES string of the molecule is CC(N)C1CCN(C(C)c2ccsc2)CC1. The summed E-state index contributed by atoms with van der Waals surface area (Å²) in [5, 5.41) is 4.43. The molecule has 0 radical (unpaired) electrons. The Balaban J connectivity index is 1.89. The summed E-state index contributed by atoms with van der Waals surface area (Å²) in [6.45, 7) is 6.85. The Morgan fingerprint density at radius 1 is 1.38 bits per heavy atom. The summed E-state index contributed by atoms with van der Waals surface area (Å²) in [5.41, 5.74) is 7.43. The second-order valence-corrected chi connectivity index (χ2v) is 5.75. The van der Waals surface area contributed by atoms with E-state index in [1.165, 1.54) is 31.5 Å². The molecule has 16 heavy (non-hydrogen) atoms. The van der Waals surface area contributed by atoms with Crippen molar-refractivity contribution in [3.8, 4) is 0 Å². The number of hydrogen-bond donors (Lipinski definition) is 1. The summed E-state index contributed by atoms with van der Waals surface area (Å²) in [6, 6.07) is 3.17. The highest BCUT2D eigenvalue weighted by atomic mass is 32.1. The Hall–Kier alpha value is -0.380. The Morgan fingerprint density at radius 2 is 2.06 bits per heavy atom. The fourth-order valence-corrected chi connectivity index (χ4v) is 3.30. The fourth-order valence-electron chi connectivity index (χ4n) is 2.56.